The standard InChI is InChI=1S/C46H88N14O13S/c1-26(2)23-33(42(68)56-32(46(72)73)16-8-12-21-50)58-45(71)37(27(3)62)60-44(70)35(25-61)59-41(67)31(15-7-11-20-49)54-39(65)30(14-6-10-19-48)55-43(69)34(24-36(52)63)57-40(66)29(13-5-9-18-47)53-38(64)28(51)17-22-74-4/h26-35,37,61-62H,5-25,47-51H2,1-4H3,(H2,52,63)(H,53,64)(H,54,65)(H,55,69)(H,56,68)(H,57,66)(H,58,71)(H,59,67)(H,60,70)(H,72,73). The molecule has 0 fully saturated rings. The third kappa shape index (κ3) is 28.4. The number of thioether (sulfide) groups is 1. The summed E-state index contributed by atoms with van der Waals surface area (Å²) in [6.45, 7) is 4.65. The number of carbonyl (C=O) groups is 10. The minimum atomic E-state index is -1.78. The van der Waals surface area contributed by atoms with E-state index in [9.17, 15) is 63.3 Å². The fourth-order valence-corrected chi connectivity index (χ4v) is 7.77. The molecular formula is C46H88N14O13S. The van der Waals surface area contributed by atoms with Crippen LogP contribution in [0, 0.1) is 5.92 Å². The summed E-state index contributed by atoms with van der Waals surface area (Å²) >= 11 is 1.48. The molecule has 0 radical (unpaired) electrons. The molecular weight excluding hydrogens is 989 g/mol. The molecule has 0 saturated carbocycles. The number of primary amides is 1. The molecule has 0 aromatic carbocycles. The molecule has 426 valence electrons. The number of aliphatic carboxylic acids is 1. The molecule has 0 aliphatic heterocycles. The van der Waals surface area contributed by atoms with Crippen LogP contribution in [-0.4, -0.2) is 180 Å². The van der Waals surface area contributed by atoms with Gasteiger partial charge in [0.25, 0.3) is 0 Å². The summed E-state index contributed by atoms with van der Waals surface area (Å²) in [5, 5.41) is 50.3. The van der Waals surface area contributed by atoms with E-state index in [1.165, 1.54) is 11.8 Å². The highest BCUT2D eigenvalue weighted by Crippen LogP contribution is 2.11. The van der Waals surface area contributed by atoms with Crippen molar-refractivity contribution in [3.63, 3.8) is 0 Å². The Hall–Kier alpha value is -5.23. The molecule has 0 bridgehead atoms. The molecule has 10 unspecified atom stereocenters. The molecule has 23 N–H and O–H groups in total. The number of hydrogen-bond acceptors (Lipinski definition) is 18. The number of amides is 9. The molecule has 0 aromatic rings. The quantitative estimate of drug-likeness (QED) is 0.0254. The zero-order valence-corrected chi connectivity index (χ0v) is 44.3. The fourth-order valence-electron chi connectivity index (χ4n) is 7.28. The molecule has 10 atom stereocenters. The molecule has 0 aliphatic rings. The summed E-state index contributed by atoms with van der Waals surface area (Å²) in [4.78, 5) is 133. The summed E-state index contributed by atoms with van der Waals surface area (Å²) in [6.07, 6.45) is 3.11. The largest absolute Gasteiger partial charge is 0.480 e. The summed E-state index contributed by atoms with van der Waals surface area (Å²) in [6, 6.07) is -12.7. The number of aliphatic hydroxyl groups is 2. The maximum atomic E-state index is 14.1. The van der Waals surface area contributed by atoms with Gasteiger partial charge in [-0.05, 0) is 141 Å². The van der Waals surface area contributed by atoms with Crippen molar-refractivity contribution >= 4 is 70.9 Å². The Morgan fingerprint density at radius 3 is 1.20 bits per heavy atom. The van der Waals surface area contributed by atoms with Gasteiger partial charge in [-0.1, -0.05) is 13.8 Å². The van der Waals surface area contributed by atoms with Crippen LogP contribution in [0.25, 0.3) is 0 Å². The van der Waals surface area contributed by atoms with Gasteiger partial charge in [-0.3, -0.25) is 43.2 Å². The number of unbranched alkanes of at least 4 members (excludes halogenated alkanes) is 4. The first-order valence-corrected chi connectivity index (χ1v) is 26.7. The molecule has 28 heteroatoms. The highest BCUT2D eigenvalue weighted by atomic mass is 32.2. The van der Waals surface area contributed by atoms with E-state index in [1.54, 1.807) is 13.8 Å². The lowest BCUT2D eigenvalue weighted by Gasteiger charge is -2.28. The van der Waals surface area contributed by atoms with E-state index in [0.29, 0.717) is 63.8 Å². The first kappa shape index (κ1) is 68.8. The number of carboxylic acids is 1. The predicted octanol–water partition coefficient (Wildman–Crippen LogP) is -5.16. The van der Waals surface area contributed by atoms with Gasteiger partial charge in [0, 0.05) is 0 Å². The van der Waals surface area contributed by atoms with Gasteiger partial charge >= 0.3 is 5.97 Å². The number of carboxylic acid groups (broad SMARTS) is 1. The van der Waals surface area contributed by atoms with Gasteiger partial charge in [-0.25, -0.2) is 4.79 Å². The van der Waals surface area contributed by atoms with Gasteiger partial charge in [-0.2, -0.15) is 11.8 Å². The normalized spacial score (nSPS) is 15.3. The third-order valence-electron chi connectivity index (χ3n) is 11.5. The van der Waals surface area contributed by atoms with Gasteiger partial charge in [0.1, 0.15) is 48.3 Å². The minimum absolute atomic E-state index is 0.0356. The molecule has 0 spiro atoms. The number of nitrogens with two attached hydrogens (primary N) is 6. The van der Waals surface area contributed by atoms with Gasteiger partial charge in [-0.15, -0.1) is 0 Å². The molecule has 27 nitrogen and oxygen atoms in total. The zero-order valence-electron chi connectivity index (χ0n) is 43.5. The Morgan fingerprint density at radius 2 is 0.824 bits per heavy atom. The zero-order chi connectivity index (χ0) is 56.3. The van der Waals surface area contributed by atoms with E-state index >= 15 is 0 Å². The van der Waals surface area contributed by atoms with Crippen molar-refractivity contribution in [2.75, 3.05) is 44.8 Å². The highest BCUT2D eigenvalue weighted by molar-refractivity contribution is 7.98. The van der Waals surface area contributed by atoms with Crippen molar-refractivity contribution in [2.24, 2.45) is 40.3 Å². The average Bonchev–Trinajstić information content (AvgIpc) is 3.33. The fraction of sp³-hybridized carbons (Fsp3) is 0.783. The van der Waals surface area contributed by atoms with Crippen LogP contribution < -0.4 is 76.9 Å². The molecule has 74 heavy (non-hydrogen) atoms. The molecule has 0 saturated heterocycles. The van der Waals surface area contributed by atoms with E-state index in [2.05, 4.69) is 42.5 Å². The van der Waals surface area contributed by atoms with Crippen LogP contribution in [0.3, 0.4) is 0 Å². The Kier molecular flexibility index (Phi) is 36.4. The Morgan fingerprint density at radius 1 is 0.473 bits per heavy atom. The lowest BCUT2D eigenvalue weighted by molar-refractivity contribution is -0.142. The number of aliphatic hydroxyl groups excluding tert-OH is 2. The summed E-state index contributed by atoms with van der Waals surface area (Å²) in [5.74, 6) is -9.28. The summed E-state index contributed by atoms with van der Waals surface area (Å²) in [7, 11) is 0. The third-order valence-corrected chi connectivity index (χ3v) is 12.2. The van der Waals surface area contributed by atoms with Crippen molar-refractivity contribution in [1.82, 2.24) is 42.5 Å². The van der Waals surface area contributed by atoms with Crippen LogP contribution in [0.1, 0.15) is 117 Å². The van der Waals surface area contributed by atoms with Gasteiger partial charge in [0.05, 0.1) is 25.2 Å². The van der Waals surface area contributed by atoms with Gasteiger partial charge < -0.3 is 92.3 Å². The van der Waals surface area contributed by atoms with Crippen LogP contribution >= 0.6 is 11.8 Å². The SMILES string of the molecule is CSCCC(N)C(=O)NC(CCCCN)C(=O)NC(CC(N)=O)C(=O)NC(CCCCN)C(=O)NC(CCCCN)C(=O)NC(CO)C(=O)NC(C(=O)NC(CC(C)C)C(=O)NC(CCCCN)C(=O)O)C(C)O. The number of hydrogen-bond donors (Lipinski definition) is 17. The van der Waals surface area contributed by atoms with E-state index in [0.717, 1.165) is 6.92 Å². The van der Waals surface area contributed by atoms with Crippen LogP contribution in [0.4, 0.5) is 0 Å². The highest BCUT2D eigenvalue weighted by Gasteiger charge is 2.36. The minimum Gasteiger partial charge on any atom is -0.480 e. The van der Waals surface area contributed by atoms with Gasteiger partial charge in [0.15, 0.2) is 0 Å². The maximum Gasteiger partial charge on any atom is 0.326 e. The number of rotatable bonds is 42. The van der Waals surface area contributed by atoms with Crippen LogP contribution in [0.2, 0.25) is 0 Å². The van der Waals surface area contributed by atoms with E-state index < -0.39 is 133 Å². The second-order valence-corrected chi connectivity index (χ2v) is 19.5. The lowest BCUT2D eigenvalue weighted by atomic mass is 10.0. The summed E-state index contributed by atoms with van der Waals surface area (Å²) < 4.78 is 0. The van der Waals surface area contributed by atoms with Crippen LogP contribution in [0.5, 0.6) is 0 Å². The smallest absolute Gasteiger partial charge is 0.326 e. The second-order valence-electron chi connectivity index (χ2n) is 18.5. The van der Waals surface area contributed by atoms with Crippen molar-refractivity contribution in [3.05, 3.63) is 0 Å². The van der Waals surface area contributed by atoms with Crippen molar-refractivity contribution in [1.29, 1.82) is 0 Å². The Bertz CT molecular complexity index is 1770. The topological polar surface area (TPSA) is 484 Å². The Balaban J connectivity index is 6.53. The summed E-state index contributed by atoms with van der Waals surface area (Å²) in [5.41, 5.74) is 34.1. The van der Waals surface area contributed by atoms with Crippen molar-refractivity contribution < 1.29 is 63.3 Å². The molecule has 0 aliphatic carbocycles. The van der Waals surface area contributed by atoms with Crippen LogP contribution in [0.15, 0.2) is 0 Å². The van der Waals surface area contributed by atoms with E-state index in [-0.39, 0.29) is 64.0 Å². The van der Waals surface area contributed by atoms with Crippen molar-refractivity contribution in [3.8, 4) is 0 Å². The monoisotopic (exact) mass is 1080 g/mol. The molecule has 0 rings (SSSR count). The average molecular weight is 1080 g/mol. The predicted molar refractivity (Wildman–Crippen MR) is 278 cm³/mol. The second kappa shape index (κ2) is 39.2. The molecule has 0 aromatic heterocycles. The van der Waals surface area contributed by atoms with Crippen molar-refractivity contribution in [2.45, 2.75) is 178 Å². The van der Waals surface area contributed by atoms with E-state index in [4.69, 9.17) is 34.4 Å². The number of carbonyl (C=O) groups excluding carboxylic acids is 9. The first-order valence-electron chi connectivity index (χ1n) is 25.3. The lowest BCUT2D eigenvalue weighted by Crippen LogP contribution is -2.62. The number of nitrogens with one attached hydrogen (secondary N) is 8. The van der Waals surface area contributed by atoms with Crippen LogP contribution in [-0.2, 0) is 47.9 Å². The Labute approximate surface area is 438 Å². The molecule has 9 amide bonds. The van der Waals surface area contributed by atoms with E-state index in [1.807, 2.05) is 6.26 Å². The first-order chi connectivity index (χ1) is 35.0. The van der Waals surface area contributed by atoms with Gasteiger partial charge in [0.2, 0.25) is 53.2 Å². The molecule has 0 heterocycles. The maximum absolute atomic E-state index is 14.1.